The Morgan fingerprint density at radius 1 is 0.923 bits per heavy atom. The maximum absolute atomic E-state index is 12.7. The van der Waals surface area contributed by atoms with Gasteiger partial charge in [0, 0.05) is 0 Å². The third-order valence-electron chi connectivity index (χ3n) is 4.92. The van der Waals surface area contributed by atoms with Gasteiger partial charge in [0.2, 0.25) is 0 Å². The molecule has 0 bridgehead atoms. The second-order valence-corrected chi connectivity index (χ2v) is 7.94. The van der Waals surface area contributed by atoms with Gasteiger partial charge in [-0.15, -0.1) is 0 Å². The van der Waals surface area contributed by atoms with Gasteiger partial charge in [-0.05, 0) is 58.4 Å². The van der Waals surface area contributed by atoms with Gasteiger partial charge < -0.3 is 4.74 Å². The number of rotatable bonds is 3. The van der Waals surface area contributed by atoms with E-state index in [1.807, 2.05) is 42.5 Å². The fourth-order valence-corrected chi connectivity index (χ4v) is 3.27. The van der Waals surface area contributed by atoms with E-state index >= 15 is 0 Å². The molecule has 0 saturated carbocycles. The Kier molecular flexibility index (Phi) is 4.86. The van der Waals surface area contributed by atoms with Gasteiger partial charge in [0.1, 0.15) is 6.61 Å². The first-order valence-electron chi connectivity index (χ1n) is 9.03. The fourth-order valence-electron chi connectivity index (χ4n) is 3.27. The SMILES string of the molecule is Cc1cc(C(C)(C)C)cc(C)c1COC(=O)c1cccc2ccccc12. The molecule has 3 rings (SSSR count). The first-order chi connectivity index (χ1) is 12.3. The topological polar surface area (TPSA) is 26.3 Å². The first kappa shape index (κ1) is 18.2. The zero-order valence-corrected chi connectivity index (χ0v) is 16.2. The monoisotopic (exact) mass is 346 g/mol. The summed E-state index contributed by atoms with van der Waals surface area (Å²) in [6, 6.07) is 18.0. The van der Waals surface area contributed by atoms with Gasteiger partial charge >= 0.3 is 5.97 Å². The van der Waals surface area contributed by atoms with Crippen molar-refractivity contribution in [3.63, 3.8) is 0 Å². The predicted octanol–water partition coefficient (Wildman–Crippen LogP) is 6.11. The van der Waals surface area contributed by atoms with E-state index in [0.717, 1.165) is 16.3 Å². The van der Waals surface area contributed by atoms with Crippen molar-refractivity contribution in [3.8, 4) is 0 Å². The lowest BCUT2D eigenvalue weighted by Gasteiger charge is -2.22. The Morgan fingerprint density at radius 2 is 1.54 bits per heavy atom. The summed E-state index contributed by atoms with van der Waals surface area (Å²) in [5, 5.41) is 1.97. The van der Waals surface area contributed by atoms with E-state index in [9.17, 15) is 4.79 Å². The Hall–Kier alpha value is -2.61. The number of fused-ring (bicyclic) bond motifs is 1. The van der Waals surface area contributed by atoms with E-state index in [0.29, 0.717) is 12.2 Å². The van der Waals surface area contributed by atoms with Crippen molar-refractivity contribution < 1.29 is 9.53 Å². The zero-order valence-electron chi connectivity index (χ0n) is 16.2. The Bertz CT molecular complexity index is 933. The van der Waals surface area contributed by atoms with Gasteiger partial charge in [-0.3, -0.25) is 0 Å². The molecule has 0 heterocycles. The number of hydrogen-bond donors (Lipinski definition) is 0. The Balaban J connectivity index is 1.84. The molecular formula is C24H26O2. The summed E-state index contributed by atoms with van der Waals surface area (Å²) in [5.41, 5.74) is 5.45. The predicted molar refractivity (Wildman–Crippen MR) is 108 cm³/mol. The minimum absolute atomic E-state index is 0.105. The van der Waals surface area contributed by atoms with Crippen LogP contribution in [0.2, 0.25) is 0 Å². The summed E-state index contributed by atoms with van der Waals surface area (Å²) < 4.78 is 5.67. The molecule has 2 nitrogen and oxygen atoms in total. The van der Waals surface area contributed by atoms with Gasteiger partial charge in [0.15, 0.2) is 0 Å². The van der Waals surface area contributed by atoms with Crippen molar-refractivity contribution in [2.24, 2.45) is 0 Å². The van der Waals surface area contributed by atoms with Crippen molar-refractivity contribution in [3.05, 3.63) is 82.4 Å². The highest BCUT2D eigenvalue weighted by molar-refractivity contribution is 6.04. The number of ether oxygens (including phenoxy) is 1. The van der Waals surface area contributed by atoms with Crippen molar-refractivity contribution in [2.75, 3.05) is 0 Å². The molecular weight excluding hydrogens is 320 g/mol. The van der Waals surface area contributed by atoms with E-state index in [4.69, 9.17) is 4.74 Å². The van der Waals surface area contributed by atoms with E-state index < -0.39 is 0 Å². The molecule has 0 aliphatic rings. The van der Waals surface area contributed by atoms with Crippen LogP contribution in [0.1, 0.15) is 53.4 Å². The molecule has 0 aliphatic heterocycles. The molecule has 0 aliphatic carbocycles. The molecule has 3 aromatic carbocycles. The number of hydrogen-bond acceptors (Lipinski definition) is 2. The van der Waals surface area contributed by atoms with Gasteiger partial charge in [-0.2, -0.15) is 0 Å². The minimum atomic E-state index is -0.277. The van der Waals surface area contributed by atoms with Gasteiger partial charge in [-0.1, -0.05) is 69.3 Å². The van der Waals surface area contributed by atoms with Crippen molar-refractivity contribution in [2.45, 2.75) is 46.6 Å². The van der Waals surface area contributed by atoms with E-state index in [1.54, 1.807) is 0 Å². The number of benzene rings is 3. The molecule has 0 saturated heterocycles. The first-order valence-corrected chi connectivity index (χ1v) is 9.03. The van der Waals surface area contributed by atoms with Crippen LogP contribution in [-0.4, -0.2) is 5.97 Å². The summed E-state index contributed by atoms with van der Waals surface area (Å²) in [4.78, 5) is 12.7. The van der Waals surface area contributed by atoms with E-state index in [-0.39, 0.29) is 11.4 Å². The molecule has 26 heavy (non-hydrogen) atoms. The number of esters is 1. The average molecular weight is 346 g/mol. The van der Waals surface area contributed by atoms with Crippen LogP contribution in [0.4, 0.5) is 0 Å². The number of carbonyl (C=O) groups excluding carboxylic acids is 1. The molecule has 0 atom stereocenters. The molecule has 0 amide bonds. The summed E-state index contributed by atoms with van der Waals surface area (Å²) >= 11 is 0. The Labute approximate surface area is 155 Å². The van der Waals surface area contributed by atoms with E-state index in [2.05, 4.69) is 46.8 Å². The third kappa shape index (κ3) is 3.65. The highest BCUT2D eigenvalue weighted by Crippen LogP contribution is 2.27. The fraction of sp³-hybridized carbons (Fsp3) is 0.292. The van der Waals surface area contributed by atoms with Crippen molar-refractivity contribution in [1.82, 2.24) is 0 Å². The highest BCUT2D eigenvalue weighted by Gasteiger charge is 2.17. The number of carbonyl (C=O) groups is 1. The third-order valence-corrected chi connectivity index (χ3v) is 4.92. The maximum atomic E-state index is 12.7. The van der Waals surface area contributed by atoms with Gasteiger partial charge in [0.05, 0.1) is 5.56 Å². The molecule has 0 N–H and O–H groups in total. The molecule has 3 aromatic rings. The second-order valence-electron chi connectivity index (χ2n) is 7.94. The quantitative estimate of drug-likeness (QED) is 0.535. The van der Waals surface area contributed by atoms with Crippen LogP contribution in [0.3, 0.4) is 0 Å². The lowest BCUT2D eigenvalue weighted by Crippen LogP contribution is -2.13. The van der Waals surface area contributed by atoms with Crippen LogP contribution < -0.4 is 0 Å². The Morgan fingerprint density at radius 3 is 2.19 bits per heavy atom. The average Bonchev–Trinajstić information content (AvgIpc) is 2.59. The molecule has 0 spiro atoms. The van der Waals surface area contributed by atoms with Gasteiger partial charge in [-0.25, -0.2) is 4.79 Å². The lowest BCUT2D eigenvalue weighted by molar-refractivity contribution is 0.0474. The van der Waals surface area contributed by atoms with Crippen LogP contribution in [-0.2, 0) is 16.8 Å². The minimum Gasteiger partial charge on any atom is -0.457 e. The largest absolute Gasteiger partial charge is 0.457 e. The normalized spacial score (nSPS) is 11.6. The van der Waals surface area contributed by atoms with Crippen LogP contribution in [0.25, 0.3) is 10.8 Å². The van der Waals surface area contributed by atoms with E-state index in [1.165, 1.54) is 16.7 Å². The molecule has 0 radical (unpaired) electrons. The number of aryl methyl sites for hydroxylation is 2. The zero-order chi connectivity index (χ0) is 18.9. The smallest absolute Gasteiger partial charge is 0.339 e. The summed E-state index contributed by atoms with van der Waals surface area (Å²) in [6.45, 7) is 11.1. The lowest BCUT2D eigenvalue weighted by atomic mass is 9.84. The highest BCUT2D eigenvalue weighted by atomic mass is 16.5. The van der Waals surface area contributed by atoms with Crippen molar-refractivity contribution in [1.29, 1.82) is 0 Å². The molecule has 2 heteroatoms. The van der Waals surface area contributed by atoms with Crippen LogP contribution in [0.5, 0.6) is 0 Å². The molecule has 0 aromatic heterocycles. The van der Waals surface area contributed by atoms with Crippen LogP contribution >= 0.6 is 0 Å². The molecule has 0 fully saturated rings. The second kappa shape index (κ2) is 6.95. The summed E-state index contributed by atoms with van der Waals surface area (Å²) in [5.74, 6) is -0.277. The van der Waals surface area contributed by atoms with Crippen LogP contribution in [0.15, 0.2) is 54.6 Å². The van der Waals surface area contributed by atoms with Crippen LogP contribution in [0, 0.1) is 13.8 Å². The standard InChI is InChI=1S/C24H26O2/c1-16-13-19(24(3,4)5)14-17(2)22(16)15-26-23(25)21-12-8-10-18-9-6-7-11-20(18)21/h6-14H,15H2,1-5H3. The maximum Gasteiger partial charge on any atom is 0.339 e. The summed E-state index contributed by atoms with van der Waals surface area (Å²) in [7, 11) is 0. The molecule has 134 valence electrons. The summed E-state index contributed by atoms with van der Waals surface area (Å²) in [6.07, 6.45) is 0. The molecule has 0 unspecified atom stereocenters. The van der Waals surface area contributed by atoms with Crippen molar-refractivity contribution >= 4 is 16.7 Å². The van der Waals surface area contributed by atoms with Gasteiger partial charge in [0.25, 0.3) is 0 Å².